The number of rotatable bonds is 20. The van der Waals surface area contributed by atoms with Crippen LogP contribution in [-0.4, -0.2) is 82.0 Å². The van der Waals surface area contributed by atoms with Gasteiger partial charge in [-0.2, -0.15) is 0 Å². The molecule has 0 unspecified atom stereocenters. The lowest BCUT2D eigenvalue weighted by Gasteiger charge is -2.25. The topological polar surface area (TPSA) is 241 Å². The van der Waals surface area contributed by atoms with Crippen molar-refractivity contribution in [2.24, 2.45) is 27.9 Å². The summed E-state index contributed by atoms with van der Waals surface area (Å²) in [6, 6.07) is 3.90. The van der Waals surface area contributed by atoms with E-state index in [1.54, 1.807) is 35.2 Å². The van der Waals surface area contributed by atoms with Gasteiger partial charge in [0.25, 0.3) is 11.8 Å². The van der Waals surface area contributed by atoms with Gasteiger partial charge in [0.05, 0.1) is 4.91 Å². The number of thiocarbonyl (C=S) groups is 1. The molecule has 3 rings (SSSR count). The fourth-order valence-corrected chi connectivity index (χ4v) is 7.25. The number of benzene rings is 1. The SMILES string of the molecule is CCCC[C@H](NC(=O)[C@H](CCCCN)NC(=O)[C@H](CCCN=C(N)N)NC(=O)c1ccc(/C=C2\SC(=S)N(C3CCCC3)C2=O)cc1)C(N)=O. The summed E-state index contributed by atoms with van der Waals surface area (Å²) < 4.78 is 0.566. The van der Waals surface area contributed by atoms with Gasteiger partial charge in [-0.1, -0.05) is 68.7 Å². The lowest BCUT2D eigenvalue weighted by atomic mass is 10.0. The van der Waals surface area contributed by atoms with E-state index >= 15 is 0 Å². The van der Waals surface area contributed by atoms with E-state index in [2.05, 4.69) is 20.9 Å². The van der Waals surface area contributed by atoms with Gasteiger partial charge < -0.3 is 38.9 Å². The Bertz CT molecular complexity index is 1430. The minimum absolute atomic E-state index is 0.0931. The van der Waals surface area contributed by atoms with E-state index in [-0.39, 0.29) is 37.3 Å². The Balaban J connectivity index is 1.73. The lowest BCUT2D eigenvalue weighted by Crippen LogP contribution is -2.56. The highest BCUT2D eigenvalue weighted by Crippen LogP contribution is 2.37. The van der Waals surface area contributed by atoms with Gasteiger partial charge in [-0.15, -0.1) is 0 Å². The molecule has 1 aliphatic heterocycles. The van der Waals surface area contributed by atoms with Crippen LogP contribution >= 0.6 is 24.0 Å². The molecule has 1 saturated carbocycles. The molecule has 14 nitrogen and oxygen atoms in total. The standard InChI is InChI=1S/C34H51N9O5S2/c1-2-3-11-24(28(36)44)40-30(46)25(12-6-7-18-35)42-31(47)26(13-8-19-39-33(37)38)41-29(45)22-16-14-21(15-17-22)20-27-32(48)43(34(49)50-27)23-9-4-5-10-23/h14-17,20,23-26H,2-13,18-19,35H2,1H3,(H2,36,44)(H,40,46)(H,41,45)(H,42,47)(H4,37,38,39)/b27-20-/t24-,25-,26-/m0/s1. The Morgan fingerprint density at radius 1 is 0.920 bits per heavy atom. The van der Waals surface area contributed by atoms with Crippen LogP contribution in [-0.2, 0) is 19.2 Å². The van der Waals surface area contributed by atoms with Crippen molar-refractivity contribution in [1.29, 1.82) is 0 Å². The molecule has 274 valence electrons. The van der Waals surface area contributed by atoms with E-state index in [4.69, 9.17) is 35.2 Å². The molecular weight excluding hydrogens is 679 g/mol. The van der Waals surface area contributed by atoms with Gasteiger partial charge in [-0.25, -0.2) is 0 Å². The maximum absolute atomic E-state index is 13.6. The zero-order valence-electron chi connectivity index (χ0n) is 28.7. The van der Waals surface area contributed by atoms with Gasteiger partial charge in [-0.3, -0.25) is 33.9 Å². The monoisotopic (exact) mass is 729 g/mol. The van der Waals surface area contributed by atoms with Crippen LogP contribution in [0.1, 0.15) is 99.9 Å². The number of guanidine groups is 1. The Morgan fingerprint density at radius 3 is 2.12 bits per heavy atom. The molecule has 1 aromatic carbocycles. The first-order valence-corrected chi connectivity index (χ1v) is 18.5. The molecule has 1 saturated heterocycles. The van der Waals surface area contributed by atoms with Crippen molar-refractivity contribution in [1.82, 2.24) is 20.9 Å². The third-order valence-electron chi connectivity index (χ3n) is 8.64. The number of primary amides is 1. The molecule has 0 radical (unpaired) electrons. The quantitative estimate of drug-likeness (QED) is 0.0337. The first-order chi connectivity index (χ1) is 23.9. The van der Waals surface area contributed by atoms with Crippen molar-refractivity contribution in [3.05, 3.63) is 40.3 Å². The van der Waals surface area contributed by atoms with Crippen LogP contribution in [0, 0.1) is 0 Å². The van der Waals surface area contributed by atoms with Crippen LogP contribution in [0.15, 0.2) is 34.2 Å². The second kappa shape index (κ2) is 20.6. The molecule has 50 heavy (non-hydrogen) atoms. The number of hydrogen-bond acceptors (Lipinski definition) is 9. The molecular formula is C34H51N9O5S2. The maximum atomic E-state index is 13.6. The van der Waals surface area contributed by atoms with Crippen molar-refractivity contribution in [2.75, 3.05) is 13.1 Å². The molecule has 0 aromatic heterocycles. The van der Waals surface area contributed by atoms with Gasteiger partial charge in [0.2, 0.25) is 17.7 Å². The number of thioether (sulfide) groups is 1. The van der Waals surface area contributed by atoms with Crippen molar-refractivity contribution >= 4 is 69.9 Å². The van der Waals surface area contributed by atoms with Crippen LogP contribution in [0.3, 0.4) is 0 Å². The van der Waals surface area contributed by atoms with E-state index in [0.717, 1.165) is 37.7 Å². The van der Waals surface area contributed by atoms with Gasteiger partial charge in [0.1, 0.15) is 22.4 Å². The minimum atomic E-state index is -1.04. The average Bonchev–Trinajstić information content (AvgIpc) is 3.70. The van der Waals surface area contributed by atoms with Gasteiger partial charge in [0, 0.05) is 18.2 Å². The number of carbonyl (C=O) groups is 5. The number of nitrogens with one attached hydrogen (secondary N) is 3. The average molecular weight is 730 g/mol. The van der Waals surface area contributed by atoms with Gasteiger partial charge in [-0.05, 0) is 81.7 Å². The van der Waals surface area contributed by atoms with Crippen LogP contribution in [0.4, 0.5) is 0 Å². The molecule has 1 aliphatic carbocycles. The van der Waals surface area contributed by atoms with E-state index < -0.39 is 41.8 Å². The van der Waals surface area contributed by atoms with E-state index in [1.807, 2.05) is 6.92 Å². The lowest BCUT2D eigenvalue weighted by molar-refractivity contribution is -0.132. The number of aliphatic imine (C=N–C) groups is 1. The summed E-state index contributed by atoms with van der Waals surface area (Å²) in [5.74, 6) is -2.49. The zero-order valence-corrected chi connectivity index (χ0v) is 30.3. The molecule has 16 heteroatoms. The van der Waals surface area contributed by atoms with Crippen molar-refractivity contribution in [3.63, 3.8) is 0 Å². The highest BCUT2D eigenvalue weighted by Gasteiger charge is 2.38. The fraction of sp³-hybridized carbons (Fsp3) is 0.559. The molecule has 3 atom stereocenters. The van der Waals surface area contributed by atoms with E-state index in [9.17, 15) is 24.0 Å². The molecule has 2 fully saturated rings. The largest absolute Gasteiger partial charge is 0.370 e. The normalized spacial score (nSPS) is 17.3. The van der Waals surface area contributed by atoms with E-state index in [0.29, 0.717) is 53.4 Å². The summed E-state index contributed by atoms with van der Waals surface area (Å²) in [6.07, 6.45) is 9.68. The van der Waals surface area contributed by atoms with Crippen molar-refractivity contribution in [2.45, 2.75) is 108 Å². The molecule has 5 amide bonds. The summed E-state index contributed by atoms with van der Waals surface area (Å²) in [5.41, 5.74) is 23.1. The summed E-state index contributed by atoms with van der Waals surface area (Å²) in [7, 11) is 0. The molecule has 2 aliphatic rings. The Labute approximate surface area is 303 Å². The number of hydrogen-bond donors (Lipinski definition) is 7. The second-order valence-electron chi connectivity index (χ2n) is 12.5. The minimum Gasteiger partial charge on any atom is -0.370 e. The molecule has 0 spiro atoms. The Morgan fingerprint density at radius 2 is 1.52 bits per heavy atom. The van der Waals surface area contributed by atoms with Crippen molar-refractivity contribution in [3.8, 4) is 0 Å². The predicted octanol–water partition coefficient (Wildman–Crippen LogP) is 1.76. The number of nitrogens with two attached hydrogens (primary N) is 4. The van der Waals surface area contributed by atoms with Gasteiger partial charge >= 0.3 is 0 Å². The molecule has 1 aromatic rings. The third kappa shape index (κ3) is 12.4. The smallest absolute Gasteiger partial charge is 0.266 e. The Kier molecular flexibility index (Phi) is 16.7. The molecule has 1 heterocycles. The van der Waals surface area contributed by atoms with E-state index in [1.165, 1.54) is 11.8 Å². The summed E-state index contributed by atoms with van der Waals surface area (Å²) in [6.45, 7) is 2.59. The molecule has 11 N–H and O–H groups in total. The van der Waals surface area contributed by atoms with Gasteiger partial charge in [0.15, 0.2) is 5.96 Å². The summed E-state index contributed by atoms with van der Waals surface area (Å²) in [4.78, 5) is 71.7. The maximum Gasteiger partial charge on any atom is 0.266 e. The number of carbonyl (C=O) groups excluding carboxylic acids is 5. The number of unbranched alkanes of at least 4 members (excludes halogenated alkanes) is 2. The van der Waals surface area contributed by atoms with Crippen molar-refractivity contribution < 1.29 is 24.0 Å². The first-order valence-electron chi connectivity index (χ1n) is 17.3. The van der Waals surface area contributed by atoms with Crippen LogP contribution in [0.25, 0.3) is 6.08 Å². The highest BCUT2D eigenvalue weighted by atomic mass is 32.2. The summed E-state index contributed by atoms with van der Waals surface area (Å²) in [5, 5.41) is 8.22. The summed E-state index contributed by atoms with van der Waals surface area (Å²) >= 11 is 6.78. The first kappa shape index (κ1) is 40.4. The second-order valence-corrected chi connectivity index (χ2v) is 14.2. The molecule has 0 bridgehead atoms. The van der Waals surface area contributed by atoms with Crippen LogP contribution < -0.4 is 38.9 Å². The third-order valence-corrected chi connectivity index (χ3v) is 9.97. The highest BCUT2D eigenvalue weighted by molar-refractivity contribution is 8.26. The van der Waals surface area contributed by atoms with Crippen LogP contribution in [0.5, 0.6) is 0 Å². The Hall–Kier alpha value is -4.02. The van der Waals surface area contributed by atoms with Crippen LogP contribution in [0.2, 0.25) is 0 Å². The number of nitrogens with zero attached hydrogens (tertiary/aromatic N) is 2. The fourth-order valence-electron chi connectivity index (χ4n) is 5.85. The zero-order chi connectivity index (χ0) is 36.6. The number of amides is 5. The predicted molar refractivity (Wildman–Crippen MR) is 200 cm³/mol.